The van der Waals surface area contributed by atoms with E-state index in [2.05, 4.69) is 93.8 Å². The van der Waals surface area contributed by atoms with Crippen LogP contribution in [0.5, 0.6) is 0 Å². The number of aromatic amines is 2. The standard InChI is InChI=1S/C26H32N6/c1-16(2)25(28-5)26-30-13-22(32-26)19-8-6-18(7-9-19)20-10-11-21(17(3)12-20)23-14-29-24(31-23)15-27-4/h6-14,16,25,27-28H,15H2,1-5H3,(H,29,31)(H,30,32). The Hall–Kier alpha value is -3.22. The van der Waals surface area contributed by atoms with Crippen LogP contribution in [0.1, 0.15) is 37.1 Å². The zero-order chi connectivity index (χ0) is 22.7. The molecule has 1 unspecified atom stereocenters. The van der Waals surface area contributed by atoms with E-state index in [0.29, 0.717) is 5.92 Å². The van der Waals surface area contributed by atoms with Crippen LogP contribution in [-0.2, 0) is 6.54 Å². The molecule has 0 spiro atoms. The molecule has 1 atom stereocenters. The van der Waals surface area contributed by atoms with Crippen molar-refractivity contribution in [1.82, 2.24) is 30.6 Å². The Morgan fingerprint density at radius 1 is 0.844 bits per heavy atom. The average Bonchev–Trinajstić information content (AvgIpc) is 3.45. The van der Waals surface area contributed by atoms with E-state index in [1.165, 1.54) is 22.3 Å². The average molecular weight is 429 g/mol. The fraction of sp³-hybridized carbons (Fsp3) is 0.308. The molecule has 2 aromatic carbocycles. The molecular formula is C26H32N6. The molecule has 0 amide bonds. The molecule has 0 aliphatic heterocycles. The maximum Gasteiger partial charge on any atom is 0.123 e. The lowest BCUT2D eigenvalue weighted by Crippen LogP contribution is -2.22. The molecule has 166 valence electrons. The van der Waals surface area contributed by atoms with Crippen LogP contribution in [0.3, 0.4) is 0 Å². The van der Waals surface area contributed by atoms with Crippen LogP contribution >= 0.6 is 0 Å². The number of nitrogens with zero attached hydrogens (tertiary/aromatic N) is 2. The van der Waals surface area contributed by atoms with Crippen LogP contribution in [-0.4, -0.2) is 34.0 Å². The van der Waals surface area contributed by atoms with Gasteiger partial charge in [-0.3, -0.25) is 0 Å². The van der Waals surface area contributed by atoms with Crippen LogP contribution in [0.25, 0.3) is 33.6 Å². The highest BCUT2D eigenvalue weighted by atomic mass is 15.0. The van der Waals surface area contributed by atoms with E-state index in [1.54, 1.807) is 0 Å². The SMILES string of the molecule is CNCc1ncc(-c2ccc(-c3ccc(-c4cnc(C(NC)C(C)C)[nH]4)cc3)cc2C)[nH]1. The van der Waals surface area contributed by atoms with E-state index in [-0.39, 0.29) is 6.04 Å². The Morgan fingerprint density at radius 3 is 2.19 bits per heavy atom. The van der Waals surface area contributed by atoms with Gasteiger partial charge in [0, 0.05) is 5.56 Å². The fourth-order valence-electron chi connectivity index (χ4n) is 4.17. The summed E-state index contributed by atoms with van der Waals surface area (Å²) in [6, 6.07) is 15.4. The smallest absolute Gasteiger partial charge is 0.123 e. The fourth-order valence-corrected chi connectivity index (χ4v) is 4.17. The third kappa shape index (κ3) is 4.52. The van der Waals surface area contributed by atoms with Crippen molar-refractivity contribution in [2.45, 2.75) is 33.4 Å². The molecule has 4 aromatic rings. The summed E-state index contributed by atoms with van der Waals surface area (Å²) >= 11 is 0. The van der Waals surface area contributed by atoms with E-state index in [0.717, 1.165) is 35.1 Å². The number of imidazole rings is 2. The molecule has 0 aliphatic rings. The van der Waals surface area contributed by atoms with E-state index >= 15 is 0 Å². The van der Waals surface area contributed by atoms with Gasteiger partial charge >= 0.3 is 0 Å². The van der Waals surface area contributed by atoms with Gasteiger partial charge in [-0.15, -0.1) is 0 Å². The Kier molecular flexibility index (Phi) is 6.53. The van der Waals surface area contributed by atoms with Crippen molar-refractivity contribution in [2.75, 3.05) is 14.1 Å². The van der Waals surface area contributed by atoms with Crippen molar-refractivity contribution in [3.05, 3.63) is 72.1 Å². The molecule has 4 rings (SSSR count). The van der Waals surface area contributed by atoms with Crippen LogP contribution in [0, 0.1) is 12.8 Å². The minimum Gasteiger partial charge on any atom is -0.341 e. The first-order valence-corrected chi connectivity index (χ1v) is 11.1. The Labute approximate surface area is 189 Å². The number of benzene rings is 2. The van der Waals surface area contributed by atoms with Gasteiger partial charge in [0.25, 0.3) is 0 Å². The zero-order valence-electron chi connectivity index (χ0n) is 19.5. The van der Waals surface area contributed by atoms with Gasteiger partial charge in [0.1, 0.15) is 11.6 Å². The van der Waals surface area contributed by atoms with Gasteiger partial charge in [-0.2, -0.15) is 0 Å². The maximum absolute atomic E-state index is 4.60. The second-order valence-corrected chi connectivity index (χ2v) is 8.57. The molecule has 0 fully saturated rings. The molecule has 0 bridgehead atoms. The molecule has 2 heterocycles. The Balaban J connectivity index is 1.54. The van der Waals surface area contributed by atoms with Crippen LogP contribution in [0.4, 0.5) is 0 Å². The van der Waals surface area contributed by atoms with E-state index < -0.39 is 0 Å². The lowest BCUT2D eigenvalue weighted by Gasteiger charge is -2.17. The number of aryl methyl sites for hydroxylation is 1. The van der Waals surface area contributed by atoms with Crippen molar-refractivity contribution in [3.8, 4) is 33.6 Å². The topological polar surface area (TPSA) is 81.4 Å². The van der Waals surface area contributed by atoms with Gasteiger partial charge in [0.2, 0.25) is 0 Å². The third-order valence-corrected chi connectivity index (χ3v) is 5.89. The Morgan fingerprint density at radius 2 is 1.53 bits per heavy atom. The highest BCUT2D eigenvalue weighted by molar-refractivity contribution is 5.73. The molecule has 6 nitrogen and oxygen atoms in total. The second-order valence-electron chi connectivity index (χ2n) is 8.57. The van der Waals surface area contributed by atoms with Crippen LogP contribution < -0.4 is 10.6 Å². The van der Waals surface area contributed by atoms with Gasteiger partial charge in [0.15, 0.2) is 0 Å². The normalized spacial score (nSPS) is 12.4. The van der Waals surface area contributed by atoms with E-state index in [4.69, 9.17) is 0 Å². The van der Waals surface area contributed by atoms with Crippen LogP contribution in [0.15, 0.2) is 54.9 Å². The largest absolute Gasteiger partial charge is 0.341 e. The van der Waals surface area contributed by atoms with E-state index in [1.807, 2.05) is 26.5 Å². The van der Waals surface area contributed by atoms with Gasteiger partial charge in [-0.1, -0.05) is 56.3 Å². The second kappa shape index (κ2) is 9.51. The molecule has 6 heteroatoms. The first-order valence-electron chi connectivity index (χ1n) is 11.1. The molecule has 0 aliphatic carbocycles. The summed E-state index contributed by atoms with van der Waals surface area (Å²) in [5.74, 6) is 2.38. The highest BCUT2D eigenvalue weighted by Crippen LogP contribution is 2.30. The molecule has 0 radical (unpaired) electrons. The molecule has 0 saturated heterocycles. The summed E-state index contributed by atoms with van der Waals surface area (Å²) < 4.78 is 0. The van der Waals surface area contributed by atoms with Crippen molar-refractivity contribution < 1.29 is 0 Å². The molecule has 32 heavy (non-hydrogen) atoms. The minimum absolute atomic E-state index is 0.216. The van der Waals surface area contributed by atoms with Crippen molar-refractivity contribution >= 4 is 0 Å². The molecular weight excluding hydrogens is 396 g/mol. The van der Waals surface area contributed by atoms with Gasteiger partial charge in [-0.25, -0.2) is 9.97 Å². The van der Waals surface area contributed by atoms with Crippen LogP contribution in [0.2, 0.25) is 0 Å². The van der Waals surface area contributed by atoms with Gasteiger partial charge < -0.3 is 20.6 Å². The summed E-state index contributed by atoms with van der Waals surface area (Å²) in [6.45, 7) is 7.26. The number of nitrogens with one attached hydrogen (secondary N) is 4. The quantitative estimate of drug-likeness (QED) is 0.316. The van der Waals surface area contributed by atoms with Crippen molar-refractivity contribution in [2.24, 2.45) is 5.92 Å². The third-order valence-electron chi connectivity index (χ3n) is 5.89. The highest BCUT2D eigenvalue weighted by Gasteiger charge is 2.17. The summed E-state index contributed by atoms with van der Waals surface area (Å²) in [7, 11) is 3.89. The summed E-state index contributed by atoms with van der Waals surface area (Å²) in [6.07, 6.45) is 3.82. The monoisotopic (exact) mass is 428 g/mol. The Bertz CT molecular complexity index is 1170. The first-order chi connectivity index (χ1) is 15.5. The molecule has 4 N–H and O–H groups in total. The number of H-pyrrole nitrogens is 2. The first kappa shape index (κ1) is 22.0. The predicted octanol–water partition coefficient (Wildman–Crippen LogP) is 5.08. The van der Waals surface area contributed by atoms with Crippen molar-refractivity contribution in [3.63, 3.8) is 0 Å². The number of hydrogen-bond donors (Lipinski definition) is 4. The summed E-state index contributed by atoms with van der Waals surface area (Å²) in [5.41, 5.74) is 8.01. The summed E-state index contributed by atoms with van der Waals surface area (Å²) in [5, 5.41) is 6.46. The predicted molar refractivity (Wildman–Crippen MR) is 131 cm³/mol. The number of hydrogen-bond acceptors (Lipinski definition) is 4. The lowest BCUT2D eigenvalue weighted by molar-refractivity contribution is 0.426. The summed E-state index contributed by atoms with van der Waals surface area (Å²) in [4.78, 5) is 15.9. The van der Waals surface area contributed by atoms with E-state index in [9.17, 15) is 0 Å². The minimum atomic E-state index is 0.216. The van der Waals surface area contributed by atoms with Gasteiger partial charge in [-0.05, 0) is 49.2 Å². The molecule has 0 saturated carbocycles. The number of aromatic nitrogens is 4. The molecule has 2 aromatic heterocycles. The number of rotatable bonds is 8. The zero-order valence-corrected chi connectivity index (χ0v) is 19.5. The maximum atomic E-state index is 4.60. The van der Waals surface area contributed by atoms with Crippen molar-refractivity contribution in [1.29, 1.82) is 0 Å². The lowest BCUT2D eigenvalue weighted by atomic mass is 9.97. The van der Waals surface area contributed by atoms with Gasteiger partial charge in [0.05, 0.1) is 36.4 Å².